The first-order chi connectivity index (χ1) is 16.6. The normalized spacial score (nSPS) is 14.7. The highest BCUT2D eigenvalue weighted by molar-refractivity contribution is 5.92. The Bertz CT molecular complexity index is 1350. The molecule has 5 rings (SSSR count). The van der Waals surface area contributed by atoms with Crippen LogP contribution in [0.3, 0.4) is 0 Å². The molecule has 172 valence electrons. The highest BCUT2D eigenvalue weighted by Crippen LogP contribution is 2.30. The van der Waals surface area contributed by atoms with Crippen molar-refractivity contribution < 1.29 is 9.13 Å². The lowest BCUT2D eigenvalue weighted by molar-refractivity contribution is 0.110. The zero-order valence-electron chi connectivity index (χ0n) is 18.9. The first-order valence-corrected chi connectivity index (χ1v) is 11.3. The SMILES string of the molecule is CN1CCC(Oc2ccc(Nc3nc(-c4cccc(CC#N)c4)c4cc[nH]c4n3)cc2F)CC1. The summed E-state index contributed by atoms with van der Waals surface area (Å²) in [7, 11) is 2.08. The minimum absolute atomic E-state index is 0.0301. The number of ether oxygens (including phenoxy) is 1. The largest absolute Gasteiger partial charge is 0.487 e. The van der Waals surface area contributed by atoms with E-state index in [1.54, 1.807) is 18.3 Å². The van der Waals surface area contributed by atoms with Crippen LogP contribution in [0.15, 0.2) is 54.7 Å². The molecule has 8 heteroatoms. The molecule has 4 aromatic rings. The number of H-pyrrole nitrogens is 1. The van der Waals surface area contributed by atoms with Gasteiger partial charge in [0.2, 0.25) is 5.95 Å². The molecule has 0 spiro atoms. The molecule has 0 atom stereocenters. The van der Waals surface area contributed by atoms with Crippen LogP contribution >= 0.6 is 0 Å². The van der Waals surface area contributed by atoms with Crippen molar-refractivity contribution in [1.82, 2.24) is 19.9 Å². The molecule has 0 saturated carbocycles. The number of piperidine rings is 1. The van der Waals surface area contributed by atoms with Crippen molar-refractivity contribution in [2.24, 2.45) is 0 Å². The van der Waals surface area contributed by atoms with Crippen molar-refractivity contribution in [3.8, 4) is 23.1 Å². The van der Waals surface area contributed by atoms with Gasteiger partial charge in [-0.2, -0.15) is 10.2 Å². The number of hydrogen-bond acceptors (Lipinski definition) is 6. The topological polar surface area (TPSA) is 89.9 Å². The lowest BCUT2D eigenvalue weighted by Crippen LogP contribution is -2.35. The fourth-order valence-corrected chi connectivity index (χ4v) is 4.22. The Morgan fingerprint density at radius 2 is 2.03 bits per heavy atom. The molecule has 34 heavy (non-hydrogen) atoms. The summed E-state index contributed by atoms with van der Waals surface area (Å²) in [6, 6.07) is 16.6. The molecule has 1 aliphatic rings. The number of rotatable bonds is 6. The Morgan fingerprint density at radius 3 is 2.82 bits per heavy atom. The van der Waals surface area contributed by atoms with Crippen LogP contribution in [0.5, 0.6) is 5.75 Å². The standard InChI is InChI=1S/C26H25FN6O/c1-33-13-9-20(10-14-33)34-23-6-5-19(16-22(23)27)30-26-31-24(21-8-12-29-25(21)32-26)18-4-2-3-17(15-18)7-11-28/h2-6,8,12,15-16,20H,7,9-10,13-14H2,1H3,(H2,29,30,31,32). The molecule has 1 fully saturated rings. The molecule has 1 saturated heterocycles. The number of hydrogen-bond donors (Lipinski definition) is 2. The van der Waals surface area contributed by atoms with Crippen LogP contribution < -0.4 is 10.1 Å². The van der Waals surface area contributed by atoms with E-state index in [1.165, 1.54) is 6.07 Å². The molecule has 2 N–H and O–H groups in total. The third-order valence-electron chi connectivity index (χ3n) is 6.05. The van der Waals surface area contributed by atoms with E-state index in [9.17, 15) is 4.39 Å². The molecular weight excluding hydrogens is 431 g/mol. The van der Waals surface area contributed by atoms with E-state index in [2.05, 4.69) is 33.3 Å². The van der Waals surface area contributed by atoms with Gasteiger partial charge in [-0.15, -0.1) is 0 Å². The molecule has 1 aliphatic heterocycles. The Balaban J connectivity index is 1.39. The summed E-state index contributed by atoms with van der Waals surface area (Å²) in [6.07, 6.45) is 3.94. The molecule has 7 nitrogen and oxygen atoms in total. The van der Waals surface area contributed by atoms with E-state index in [0.29, 0.717) is 23.7 Å². The molecular formula is C26H25FN6O. The van der Waals surface area contributed by atoms with Crippen LogP contribution in [-0.4, -0.2) is 46.1 Å². The van der Waals surface area contributed by atoms with Gasteiger partial charge in [0.15, 0.2) is 11.6 Å². The van der Waals surface area contributed by atoms with E-state index in [1.807, 2.05) is 30.3 Å². The van der Waals surface area contributed by atoms with Crippen molar-refractivity contribution in [3.05, 3.63) is 66.1 Å². The molecule has 0 amide bonds. The molecule has 0 bridgehead atoms. The lowest BCUT2D eigenvalue weighted by Gasteiger charge is -2.29. The van der Waals surface area contributed by atoms with Gasteiger partial charge >= 0.3 is 0 Å². The van der Waals surface area contributed by atoms with Gasteiger partial charge in [-0.1, -0.05) is 18.2 Å². The van der Waals surface area contributed by atoms with E-state index in [-0.39, 0.29) is 11.9 Å². The Labute approximate surface area is 197 Å². The van der Waals surface area contributed by atoms with Gasteiger partial charge in [-0.05, 0) is 49.7 Å². The Kier molecular flexibility index (Phi) is 6.11. The summed E-state index contributed by atoms with van der Waals surface area (Å²) in [5, 5.41) is 13.0. The number of aromatic nitrogens is 3. The predicted molar refractivity (Wildman–Crippen MR) is 129 cm³/mol. The van der Waals surface area contributed by atoms with Crippen LogP contribution in [0.2, 0.25) is 0 Å². The maximum Gasteiger partial charge on any atom is 0.229 e. The second-order valence-electron chi connectivity index (χ2n) is 8.56. The molecule has 2 aromatic carbocycles. The maximum atomic E-state index is 14.8. The fraction of sp³-hybridized carbons (Fsp3) is 0.269. The quantitative estimate of drug-likeness (QED) is 0.422. The highest BCUT2D eigenvalue weighted by atomic mass is 19.1. The van der Waals surface area contributed by atoms with Crippen LogP contribution in [0.25, 0.3) is 22.3 Å². The number of nitrogens with zero attached hydrogens (tertiary/aromatic N) is 4. The molecule has 3 heterocycles. The van der Waals surface area contributed by atoms with Crippen LogP contribution in [0.4, 0.5) is 16.0 Å². The number of aromatic amines is 1. The Hall–Kier alpha value is -3.96. The fourth-order valence-electron chi connectivity index (χ4n) is 4.22. The maximum absolute atomic E-state index is 14.8. The van der Waals surface area contributed by atoms with E-state index < -0.39 is 5.82 Å². The number of nitrogens with one attached hydrogen (secondary N) is 2. The summed E-state index contributed by atoms with van der Waals surface area (Å²) >= 11 is 0. The zero-order valence-corrected chi connectivity index (χ0v) is 18.9. The van der Waals surface area contributed by atoms with Crippen molar-refractivity contribution in [2.45, 2.75) is 25.4 Å². The molecule has 2 aromatic heterocycles. The number of nitriles is 1. The van der Waals surface area contributed by atoms with Gasteiger partial charge < -0.3 is 19.9 Å². The summed E-state index contributed by atoms with van der Waals surface area (Å²) in [4.78, 5) is 14.6. The van der Waals surface area contributed by atoms with Crippen molar-refractivity contribution in [1.29, 1.82) is 5.26 Å². The smallest absolute Gasteiger partial charge is 0.229 e. The Morgan fingerprint density at radius 1 is 1.18 bits per heavy atom. The third-order valence-corrected chi connectivity index (χ3v) is 6.05. The number of anilines is 2. The van der Waals surface area contributed by atoms with E-state index in [0.717, 1.165) is 48.1 Å². The van der Waals surface area contributed by atoms with E-state index >= 15 is 0 Å². The van der Waals surface area contributed by atoms with Gasteiger partial charge in [0.25, 0.3) is 0 Å². The lowest BCUT2D eigenvalue weighted by atomic mass is 10.0. The van der Waals surface area contributed by atoms with Crippen molar-refractivity contribution >= 4 is 22.7 Å². The highest BCUT2D eigenvalue weighted by Gasteiger charge is 2.20. The van der Waals surface area contributed by atoms with Crippen molar-refractivity contribution in [2.75, 3.05) is 25.5 Å². The van der Waals surface area contributed by atoms with Crippen LogP contribution in [0, 0.1) is 17.1 Å². The molecule has 0 unspecified atom stereocenters. The van der Waals surface area contributed by atoms with Crippen LogP contribution in [0.1, 0.15) is 18.4 Å². The van der Waals surface area contributed by atoms with Gasteiger partial charge in [0.1, 0.15) is 11.8 Å². The average molecular weight is 457 g/mol. The predicted octanol–water partition coefficient (Wildman–Crippen LogP) is 5.05. The van der Waals surface area contributed by atoms with E-state index in [4.69, 9.17) is 15.0 Å². The third kappa shape index (κ3) is 4.70. The van der Waals surface area contributed by atoms with Gasteiger partial charge in [-0.25, -0.2) is 9.37 Å². The van der Waals surface area contributed by atoms with Crippen molar-refractivity contribution in [3.63, 3.8) is 0 Å². The van der Waals surface area contributed by atoms with Crippen LogP contribution in [-0.2, 0) is 6.42 Å². The first kappa shape index (κ1) is 21.9. The minimum atomic E-state index is -0.422. The summed E-state index contributed by atoms with van der Waals surface area (Å²) < 4.78 is 20.7. The summed E-state index contributed by atoms with van der Waals surface area (Å²) in [5.41, 5.74) is 3.73. The van der Waals surface area contributed by atoms with Gasteiger partial charge in [-0.3, -0.25) is 0 Å². The second-order valence-corrected chi connectivity index (χ2v) is 8.56. The zero-order chi connectivity index (χ0) is 23.5. The number of benzene rings is 2. The molecule has 0 radical (unpaired) electrons. The number of fused-ring (bicyclic) bond motifs is 1. The average Bonchev–Trinajstić information content (AvgIpc) is 3.31. The first-order valence-electron chi connectivity index (χ1n) is 11.3. The number of likely N-dealkylation sites (tertiary alicyclic amines) is 1. The second kappa shape index (κ2) is 9.49. The van der Waals surface area contributed by atoms with Gasteiger partial charge in [0, 0.05) is 42.0 Å². The minimum Gasteiger partial charge on any atom is -0.487 e. The van der Waals surface area contributed by atoms with Gasteiger partial charge in [0.05, 0.1) is 18.2 Å². The monoisotopic (exact) mass is 456 g/mol. The summed E-state index contributed by atoms with van der Waals surface area (Å²) in [6.45, 7) is 1.90. The number of halogens is 1. The summed E-state index contributed by atoms with van der Waals surface area (Å²) in [5.74, 6) is 0.184. The molecule has 0 aliphatic carbocycles.